The Morgan fingerprint density at radius 3 is 2.71 bits per heavy atom. The third-order valence-electron chi connectivity index (χ3n) is 8.92. The van der Waals surface area contributed by atoms with E-state index < -0.39 is 5.60 Å². The van der Waals surface area contributed by atoms with Crippen LogP contribution in [0.1, 0.15) is 65.7 Å². The zero-order valence-electron chi connectivity index (χ0n) is 15.1. The third-order valence-corrected chi connectivity index (χ3v) is 8.92. The fourth-order valence-corrected chi connectivity index (χ4v) is 7.62. The zero-order valence-corrected chi connectivity index (χ0v) is 15.1. The SMILES string of the molecule is CC(=O)[C@]12O[C@@H]1C[C@@H]1[C@H]3CCC4=CC(=O)CC[C@@]4(C)[C@@H]3CC[C@]12C. The minimum Gasteiger partial charge on any atom is -0.357 e. The van der Waals surface area contributed by atoms with Crippen LogP contribution in [-0.2, 0) is 14.3 Å². The molecule has 0 aromatic heterocycles. The lowest BCUT2D eigenvalue weighted by Crippen LogP contribution is -2.54. The highest BCUT2D eigenvalue weighted by Crippen LogP contribution is 2.73. The molecule has 130 valence electrons. The van der Waals surface area contributed by atoms with Gasteiger partial charge in [0.25, 0.3) is 0 Å². The van der Waals surface area contributed by atoms with Crippen molar-refractivity contribution in [3.05, 3.63) is 11.6 Å². The molecule has 0 aromatic carbocycles. The van der Waals surface area contributed by atoms with Gasteiger partial charge in [0.15, 0.2) is 17.2 Å². The Morgan fingerprint density at radius 2 is 1.96 bits per heavy atom. The molecule has 4 fully saturated rings. The lowest BCUT2D eigenvalue weighted by molar-refractivity contribution is -0.136. The third kappa shape index (κ3) is 1.54. The van der Waals surface area contributed by atoms with Crippen LogP contribution < -0.4 is 0 Å². The van der Waals surface area contributed by atoms with Crippen LogP contribution in [0, 0.1) is 28.6 Å². The summed E-state index contributed by atoms with van der Waals surface area (Å²) in [4.78, 5) is 24.3. The van der Waals surface area contributed by atoms with Crippen molar-refractivity contribution in [1.29, 1.82) is 0 Å². The van der Waals surface area contributed by atoms with Gasteiger partial charge in [-0.1, -0.05) is 19.4 Å². The molecule has 7 atom stereocenters. The van der Waals surface area contributed by atoms with E-state index in [0.29, 0.717) is 30.0 Å². The Balaban J connectivity index is 1.52. The van der Waals surface area contributed by atoms with Gasteiger partial charge >= 0.3 is 0 Å². The Bertz CT molecular complexity index is 679. The molecular weight excluding hydrogens is 300 g/mol. The molecule has 1 aliphatic heterocycles. The van der Waals surface area contributed by atoms with Gasteiger partial charge in [-0.2, -0.15) is 0 Å². The smallest absolute Gasteiger partial charge is 0.164 e. The quantitative estimate of drug-likeness (QED) is 0.687. The fourth-order valence-electron chi connectivity index (χ4n) is 7.62. The van der Waals surface area contributed by atoms with Crippen molar-refractivity contribution >= 4 is 11.6 Å². The number of hydrogen-bond acceptors (Lipinski definition) is 3. The molecule has 3 saturated carbocycles. The molecule has 0 amide bonds. The Kier molecular flexibility index (Phi) is 2.81. The summed E-state index contributed by atoms with van der Waals surface area (Å²) in [5, 5.41) is 0. The summed E-state index contributed by atoms with van der Waals surface area (Å²) in [5.74, 6) is 2.58. The van der Waals surface area contributed by atoms with Crippen molar-refractivity contribution < 1.29 is 14.3 Å². The van der Waals surface area contributed by atoms with Crippen molar-refractivity contribution in [3.63, 3.8) is 0 Å². The molecule has 0 N–H and O–H groups in total. The van der Waals surface area contributed by atoms with E-state index in [1.807, 2.05) is 6.08 Å². The molecule has 3 heteroatoms. The van der Waals surface area contributed by atoms with Crippen LogP contribution in [-0.4, -0.2) is 23.3 Å². The first-order valence-electron chi connectivity index (χ1n) is 9.76. The summed E-state index contributed by atoms with van der Waals surface area (Å²) < 4.78 is 5.99. The van der Waals surface area contributed by atoms with Crippen LogP contribution in [0.25, 0.3) is 0 Å². The molecule has 0 spiro atoms. The van der Waals surface area contributed by atoms with Crippen LogP contribution in [0.15, 0.2) is 11.6 Å². The van der Waals surface area contributed by atoms with Gasteiger partial charge in [0.05, 0.1) is 6.10 Å². The van der Waals surface area contributed by atoms with Gasteiger partial charge in [-0.05, 0) is 74.7 Å². The lowest BCUT2D eigenvalue weighted by Gasteiger charge is -2.58. The molecule has 5 aliphatic rings. The van der Waals surface area contributed by atoms with Gasteiger partial charge in [0.1, 0.15) is 0 Å². The van der Waals surface area contributed by atoms with Crippen molar-refractivity contribution in [2.45, 2.75) is 77.4 Å². The van der Waals surface area contributed by atoms with E-state index in [0.717, 1.165) is 25.7 Å². The average molecular weight is 328 g/mol. The summed E-state index contributed by atoms with van der Waals surface area (Å²) in [6.45, 7) is 6.48. The van der Waals surface area contributed by atoms with Gasteiger partial charge in [0.2, 0.25) is 0 Å². The molecule has 1 saturated heterocycles. The second-order valence-corrected chi connectivity index (χ2v) is 9.56. The van der Waals surface area contributed by atoms with Crippen LogP contribution in [0.5, 0.6) is 0 Å². The normalized spacial score (nSPS) is 55.0. The molecule has 0 aromatic rings. The maximum Gasteiger partial charge on any atom is 0.164 e. The number of epoxide rings is 1. The number of Topliss-reactive ketones (excluding diaryl/α,β-unsaturated/α-hetero) is 1. The van der Waals surface area contributed by atoms with E-state index in [4.69, 9.17) is 4.74 Å². The van der Waals surface area contributed by atoms with E-state index in [2.05, 4.69) is 13.8 Å². The first kappa shape index (κ1) is 15.3. The maximum atomic E-state index is 12.4. The summed E-state index contributed by atoms with van der Waals surface area (Å²) >= 11 is 0. The minimum atomic E-state index is -0.456. The zero-order chi connectivity index (χ0) is 16.9. The van der Waals surface area contributed by atoms with Crippen molar-refractivity contribution in [2.75, 3.05) is 0 Å². The van der Waals surface area contributed by atoms with Crippen LogP contribution in [0.4, 0.5) is 0 Å². The number of rotatable bonds is 1. The van der Waals surface area contributed by atoms with Crippen molar-refractivity contribution in [1.82, 2.24) is 0 Å². The molecule has 1 heterocycles. The van der Waals surface area contributed by atoms with E-state index in [1.165, 1.54) is 18.4 Å². The first-order chi connectivity index (χ1) is 11.3. The summed E-state index contributed by atoms with van der Waals surface area (Å²) in [5.41, 5.74) is 1.22. The predicted octanol–water partition coefficient (Wildman–Crippen LogP) is 3.85. The standard InChI is InChI=1S/C21H28O3/c1-12(22)21-18(24-21)11-17-15-5-4-13-10-14(23)6-8-19(13,2)16(15)7-9-20(17,21)3/h10,15-18H,4-9,11H2,1-3H3/t15-,16+,17+,18+,19+,20+,21-/m0/s1. The highest BCUT2D eigenvalue weighted by Gasteiger charge is 2.79. The van der Waals surface area contributed by atoms with Crippen LogP contribution in [0.2, 0.25) is 0 Å². The molecule has 24 heavy (non-hydrogen) atoms. The Morgan fingerprint density at radius 1 is 1.17 bits per heavy atom. The number of allylic oxidation sites excluding steroid dienone is 1. The maximum absolute atomic E-state index is 12.4. The van der Waals surface area contributed by atoms with Gasteiger partial charge < -0.3 is 4.74 Å². The van der Waals surface area contributed by atoms with E-state index in [1.54, 1.807) is 6.92 Å². The molecule has 0 unspecified atom stereocenters. The average Bonchev–Trinajstić information content (AvgIpc) is 3.21. The van der Waals surface area contributed by atoms with E-state index in [-0.39, 0.29) is 22.7 Å². The first-order valence-corrected chi connectivity index (χ1v) is 9.76. The molecule has 3 nitrogen and oxygen atoms in total. The minimum absolute atomic E-state index is 0.0345. The molecule has 5 rings (SSSR count). The number of hydrogen-bond donors (Lipinski definition) is 0. The largest absolute Gasteiger partial charge is 0.357 e. The summed E-state index contributed by atoms with van der Waals surface area (Å²) in [6.07, 6.45) is 9.53. The highest BCUT2D eigenvalue weighted by molar-refractivity contribution is 5.92. The van der Waals surface area contributed by atoms with Gasteiger partial charge in [0, 0.05) is 11.8 Å². The molecule has 0 radical (unpaired) electrons. The Labute approximate surface area is 144 Å². The van der Waals surface area contributed by atoms with E-state index in [9.17, 15) is 9.59 Å². The van der Waals surface area contributed by atoms with Gasteiger partial charge in [-0.15, -0.1) is 0 Å². The van der Waals surface area contributed by atoms with Gasteiger partial charge in [-0.3, -0.25) is 9.59 Å². The predicted molar refractivity (Wildman–Crippen MR) is 90.4 cm³/mol. The number of carbonyl (C=O) groups is 2. The molecule has 0 bridgehead atoms. The van der Waals surface area contributed by atoms with E-state index >= 15 is 0 Å². The topological polar surface area (TPSA) is 46.7 Å². The molecular formula is C21H28O3. The second kappa shape index (κ2) is 4.41. The number of ketones is 2. The van der Waals surface area contributed by atoms with Crippen LogP contribution >= 0.6 is 0 Å². The summed E-state index contributed by atoms with van der Waals surface area (Å²) in [7, 11) is 0. The van der Waals surface area contributed by atoms with Crippen molar-refractivity contribution in [3.8, 4) is 0 Å². The number of ether oxygens (including phenoxy) is 1. The molecule has 4 aliphatic carbocycles. The lowest BCUT2D eigenvalue weighted by atomic mass is 9.46. The second-order valence-electron chi connectivity index (χ2n) is 9.56. The number of fused-ring (bicyclic) bond motifs is 7. The monoisotopic (exact) mass is 328 g/mol. The summed E-state index contributed by atoms with van der Waals surface area (Å²) in [6, 6.07) is 0. The van der Waals surface area contributed by atoms with Gasteiger partial charge in [-0.25, -0.2) is 0 Å². The fraction of sp³-hybridized carbons (Fsp3) is 0.810. The highest BCUT2D eigenvalue weighted by atomic mass is 16.6. The van der Waals surface area contributed by atoms with Crippen LogP contribution in [0.3, 0.4) is 0 Å². The Hall–Kier alpha value is -0.960. The number of carbonyl (C=O) groups excluding carboxylic acids is 2. The van der Waals surface area contributed by atoms with Crippen molar-refractivity contribution in [2.24, 2.45) is 28.6 Å².